The maximum atomic E-state index is 12.9. The van der Waals surface area contributed by atoms with E-state index in [1.165, 1.54) is 0 Å². The van der Waals surface area contributed by atoms with Crippen LogP contribution in [0.5, 0.6) is 0 Å². The topological polar surface area (TPSA) is 71.7 Å². The van der Waals surface area contributed by atoms with Crippen molar-refractivity contribution in [2.75, 3.05) is 37.7 Å². The first-order valence-corrected chi connectivity index (χ1v) is 9.11. The van der Waals surface area contributed by atoms with Gasteiger partial charge in [0.2, 0.25) is 5.95 Å². The number of carbonyl (C=O) groups excluding carboxylic acids is 1. The van der Waals surface area contributed by atoms with Gasteiger partial charge in [0.15, 0.2) is 0 Å². The Hall–Kier alpha value is -2.41. The molecule has 0 N–H and O–H groups in total. The average molecular weight is 356 g/mol. The van der Waals surface area contributed by atoms with Crippen LogP contribution < -0.4 is 4.90 Å². The van der Waals surface area contributed by atoms with Gasteiger partial charge in [-0.25, -0.2) is 9.97 Å². The summed E-state index contributed by atoms with van der Waals surface area (Å²) in [5.41, 5.74) is 0.661. The van der Waals surface area contributed by atoms with E-state index in [0.29, 0.717) is 30.4 Å². The largest absolute Gasteiger partial charge is 0.466 e. The molecule has 2 fully saturated rings. The number of piperidine rings is 1. The number of likely N-dealkylation sites (tertiary alicyclic amines) is 1. The number of furan rings is 1. The normalized spacial score (nSPS) is 23.5. The van der Waals surface area contributed by atoms with Gasteiger partial charge in [-0.1, -0.05) is 0 Å². The molecule has 0 aliphatic carbocycles. The zero-order valence-corrected chi connectivity index (χ0v) is 15.2. The highest BCUT2D eigenvalue weighted by atomic mass is 16.5. The number of fused-ring (bicyclic) bond motifs is 1. The van der Waals surface area contributed by atoms with Gasteiger partial charge in [-0.15, -0.1) is 0 Å². The van der Waals surface area contributed by atoms with Gasteiger partial charge < -0.3 is 19.0 Å². The first-order chi connectivity index (χ1) is 12.6. The molecule has 0 unspecified atom stereocenters. The molecule has 2 atom stereocenters. The monoisotopic (exact) mass is 356 g/mol. The Morgan fingerprint density at radius 2 is 2.00 bits per heavy atom. The van der Waals surface area contributed by atoms with Crippen molar-refractivity contribution >= 4 is 11.9 Å². The van der Waals surface area contributed by atoms with E-state index in [9.17, 15) is 4.79 Å². The van der Waals surface area contributed by atoms with E-state index in [-0.39, 0.29) is 12.0 Å². The number of ether oxygens (including phenoxy) is 1. The molecule has 0 radical (unpaired) electrons. The highest BCUT2D eigenvalue weighted by Gasteiger charge is 2.36. The van der Waals surface area contributed by atoms with Crippen molar-refractivity contribution in [1.82, 2.24) is 14.9 Å². The molecule has 2 aromatic rings. The fourth-order valence-corrected chi connectivity index (χ4v) is 3.89. The van der Waals surface area contributed by atoms with E-state index in [1.54, 1.807) is 12.4 Å². The van der Waals surface area contributed by atoms with Crippen LogP contribution in [0.3, 0.4) is 0 Å². The van der Waals surface area contributed by atoms with Crippen molar-refractivity contribution in [3.63, 3.8) is 0 Å². The van der Waals surface area contributed by atoms with E-state index < -0.39 is 0 Å². The molecule has 0 aromatic carbocycles. The van der Waals surface area contributed by atoms with Crippen molar-refractivity contribution in [1.29, 1.82) is 0 Å². The summed E-state index contributed by atoms with van der Waals surface area (Å²) >= 11 is 0. The summed E-state index contributed by atoms with van der Waals surface area (Å²) in [7, 11) is 0. The van der Waals surface area contributed by atoms with Crippen LogP contribution >= 0.6 is 0 Å². The molecule has 2 aliphatic rings. The summed E-state index contributed by atoms with van der Waals surface area (Å²) in [6, 6.07) is 3.65. The number of anilines is 1. The Bertz CT molecular complexity index is 776. The van der Waals surface area contributed by atoms with Crippen LogP contribution in [0, 0.1) is 19.8 Å². The summed E-state index contributed by atoms with van der Waals surface area (Å²) < 4.78 is 11.6. The molecule has 7 nitrogen and oxygen atoms in total. The maximum absolute atomic E-state index is 12.9. The predicted octanol–water partition coefficient (Wildman–Crippen LogP) is 2.05. The van der Waals surface area contributed by atoms with Gasteiger partial charge in [-0.2, -0.15) is 0 Å². The average Bonchev–Trinajstić information content (AvgIpc) is 2.87. The Morgan fingerprint density at radius 3 is 2.73 bits per heavy atom. The molecule has 26 heavy (non-hydrogen) atoms. The minimum atomic E-state index is 0.0360. The van der Waals surface area contributed by atoms with Crippen molar-refractivity contribution in [2.24, 2.45) is 5.92 Å². The lowest BCUT2D eigenvalue weighted by Crippen LogP contribution is -2.49. The molecule has 0 spiro atoms. The van der Waals surface area contributed by atoms with Crippen LogP contribution in [0.25, 0.3) is 0 Å². The van der Waals surface area contributed by atoms with E-state index in [1.807, 2.05) is 30.9 Å². The fraction of sp³-hybridized carbons (Fsp3) is 0.526. The van der Waals surface area contributed by atoms with Gasteiger partial charge in [0.05, 0.1) is 18.3 Å². The van der Waals surface area contributed by atoms with Crippen molar-refractivity contribution in [2.45, 2.75) is 26.4 Å². The maximum Gasteiger partial charge on any atom is 0.257 e. The number of hydrogen-bond donors (Lipinski definition) is 0. The first kappa shape index (κ1) is 17.0. The van der Waals surface area contributed by atoms with Crippen LogP contribution in [0.2, 0.25) is 0 Å². The Morgan fingerprint density at radius 1 is 1.19 bits per heavy atom. The molecule has 0 bridgehead atoms. The third-order valence-electron chi connectivity index (χ3n) is 5.24. The van der Waals surface area contributed by atoms with Gasteiger partial charge in [0.1, 0.15) is 11.5 Å². The van der Waals surface area contributed by atoms with E-state index in [4.69, 9.17) is 9.15 Å². The zero-order chi connectivity index (χ0) is 18.1. The standard InChI is InChI=1S/C19H24N4O3/c1-13-10-16(14(2)26-13)18(24)22-7-4-15-11-23(8-9-25-17(15)12-22)19-20-5-3-6-21-19/h3,5-6,10,15,17H,4,7-9,11-12H2,1-2H3/t15-,17-/m0/s1. The molecular formula is C19H24N4O3. The summed E-state index contributed by atoms with van der Waals surface area (Å²) in [6.45, 7) is 7.31. The summed E-state index contributed by atoms with van der Waals surface area (Å²) in [6.07, 6.45) is 4.49. The number of aryl methyl sites for hydroxylation is 2. The molecule has 2 aromatic heterocycles. The predicted molar refractivity (Wildman–Crippen MR) is 96.2 cm³/mol. The number of rotatable bonds is 2. The molecule has 4 rings (SSSR count). The van der Waals surface area contributed by atoms with Gasteiger partial charge >= 0.3 is 0 Å². The van der Waals surface area contributed by atoms with Crippen LogP contribution in [-0.2, 0) is 4.74 Å². The second kappa shape index (κ2) is 7.07. The number of carbonyl (C=O) groups is 1. The van der Waals surface area contributed by atoms with E-state index >= 15 is 0 Å². The zero-order valence-electron chi connectivity index (χ0n) is 15.2. The molecule has 2 aliphatic heterocycles. The molecule has 0 saturated carbocycles. The smallest absolute Gasteiger partial charge is 0.257 e. The molecule has 4 heterocycles. The molecule has 7 heteroatoms. The van der Waals surface area contributed by atoms with Crippen LogP contribution in [0.4, 0.5) is 5.95 Å². The lowest BCUT2D eigenvalue weighted by molar-refractivity contribution is -0.0169. The third-order valence-corrected chi connectivity index (χ3v) is 5.24. The van der Waals surface area contributed by atoms with Crippen molar-refractivity contribution in [3.8, 4) is 0 Å². The van der Waals surface area contributed by atoms with E-state index in [2.05, 4.69) is 14.9 Å². The lowest BCUT2D eigenvalue weighted by Gasteiger charge is -2.37. The third kappa shape index (κ3) is 3.31. The first-order valence-electron chi connectivity index (χ1n) is 9.11. The van der Waals surface area contributed by atoms with Crippen molar-refractivity contribution in [3.05, 3.63) is 41.6 Å². The lowest BCUT2D eigenvalue weighted by atomic mass is 9.93. The SMILES string of the molecule is Cc1cc(C(=O)N2CC[C@H]3CN(c4ncccn4)CCO[C@H]3C2)c(C)o1. The summed E-state index contributed by atoms with van der Waals surface area (Å²) in [5.74, 6) is 2.61. The number of hydrogen-bond acceptors (Lipinski definition) is 6. The van der Waals surface area contributed by atoms with Gasteiger partial charge in [0.25, 0.3) is 5.91 Å². The molecular weight excluding hydrogens is 332 g/mol. The number of aromatic nitrogens is 2. The number of nitrogens with zero attached hydrogens (tertiary/aromatic N) is 4. The Kier molecular flexibility index (Phi) is 4.63. The van der Waals surface area contributed by atoms with Gasteiger partial charge in [0, 0.05) is 44.5 Å². The second-order valence-corrected chi connectivity index (χ2v) is 7.03. The quantitative estimate of drug-likeness (QED) is 0.820. The fourth-order valence-electron chi connectivity index (χ4n) is 3.89. The van der Waals surface area contributed by atoms with Crippen LogP contribution in [0.1, 0.15) is 28.3 Å². The Balaban J connectivity index is 1.45. The second-order valence-electron chi connectivity index (χ2n) is 7.03. The Labute approximate surface area is 153 Å². The van der Waals surface area contributed by atoms with Gasteiger partial charge in [-0.05, 0) is 32.4 Å². The molecule has 138 valence electrons. The minimum absolute atomic E-state index is 0.0360. The van der Waals surface area contributed by atoms with Gasteiger partial charge in [-0.3, -0.25) is 4.79 Å². The highest BCUT2D eigenvalue weighted by molar-refractivity contribution is 5.95. The summed E-state index contributed by atoms with van der Waals surface area (Å²) in [5, 5.41) is 0. The molecule has 1 amide bonds. The van der Waals surface area contributed by atoms with Crippen molar-refractivity contribution < 1.29 is 13.9 Å². The van der Waals surface area contributed by atoms with Crippen LogP contribution in [0.15, 0.2) is 28.9 Å². The number of amides is 1. The molecule has 2 saturated heterocycles. The minimum Gasteiger partial charge on any atom is -0.466 e. The van der Waals surface area contributed by atoms with Crippen LogP contribution in [-0.4, -0.2) is 59.7 Å². The summed E-state index contributed by atoms with van der Waals surface area (Å²) in [4.78, 5) is 25.7. The van der Waals surface area contributed by atoms with E-state index in [0.717, 1.165) is 37.8 Å². The highest BCUT2D eigenvalue weighted by Crippen LogP contribution is 2.27.